The number of hydrogen-bond donors (Lipinski definition) is 2. The van der Waals surface area contributed by atoms with Crippen LogP contribution in [-0.4, -0.2) is 21.2 Å². The number of carbonyl (C=O) groups is 1. The molecule has 1 heterocycles. The van der Waals surface area contributed by atoms with Crippen molar-refractivity contribution >= 4 is 17.3 Å². The van der Waals surface area contributed by atoms with Gasteiger partial charge >= 0.3 is 5.97 Å². The van der Waals surface area contributed by atoms with Gasteiger partial charge in [0.1, 0.15) is 9.88 Å². The van der Waals surface area contributed by atoms with Gasteiger partial charge in [-0.2, -0.15) is 0 Å². The summed E-state index contributed by atoms with van der Waals surface area (Å²) in [6, 6.07) is 0. The van der Waals surface area contributed by atoms with E-state index >= 15 is 0 Å². The number of aliphatic hydroxyl groups is 1. The topological polar surface area (TPSA) is 70.4 Å². The summed E-state index contributed by atoms with van der Waals surface area (Å²) in [4.78, 5) is 14.0. The van der Waals surface area contributed by atoms with Gasteiger partial charge in [-0.05, 0) is 0 Å². The van der Waals surface area contributed by atoms with Gasteiger partial charge < -0.3 is 10.2 Å². The Bertz CT molecular complexity index is 245. The van der Waals surface area contributed by atoms with Crippen LogP contribution in [0.15, 0.2) is 6.20 Å². The zero-order valence-electron chi connectivity index (χ0n) is 4.94. The molecule has 0 aliphatic heterocycles. The van der Waals surface area contributed by atoms with E-state index in [0.717, 1.165) is 11.3 Å². The molecule has 54 valence electrons. The lowest BCUT2D eigenvalue weighted by Gasteiger charge is -1.81. The highest BCUT2D eigenvalue weighted by atomic mass is 32.1. The quantitative estimate of drug-likeness (QED) is 0.652. The van der Waals surface area contributed by atoms with Gasteiger partial charge in [0.25, 0.3) is 0 Å². The zero-order valence-corrected chi connectivity index (χ0v) is 5.76. The average molecular weight is 159 g/mol. The van der Waals surface area contributed by atoms with Crippen LogP contribution in [0.2, 0.25) is 0 Å². The van der Waals surface area contributed by atoms with Crippen LogP contribution in [0, 0.1) is 0 Å². The lowest BCUT2D eigenvalue weighted by Crippen LogP contribution is -1.89. The Kier molecular flexibility index (Phi) is 1.98. The first-order chi connectivity index (χ1) is 4.74. The standard InChI is InChI=1S/C5H5NO3S/c7-2-4-6-1-3(10-4)5(8)9/h1,7H,2H2,(H,8,9). The number of rotatable bonds is 2. The van der Waals surface area contributed by atoms with Gasteiger partial charge in [0.05, 0.1) is 12.8 Å². The third-order valence-electron chi connectivity index (χ3n) is 0.900. The summed E-state index contributed by atoms with van der Waals surface area (Å²) in [5.41, 5.74) is 0. The lowest BCUT2D eigenvalue weighted by atomic mass is 10.6. The molecular formula is C5H5NO3S. The van der Waals surface area contributed by atoms with Crippen LogP contribution in [0.3, 0.4) is 0 Å². The van der Waals surface area contributed by atoms with Crippen LogP contribution >= 0.6 is 11.3 Å². The fraction of sp³-hybridized carbons (Fsp3) is 0.200. The van der Waals surface area contributed by atoms with Crippen molar-refractivity contribution < 1.29 is 15.0 Å². The van der Waals surface area contributed by atoms with Gasteiger partial charge in [0.15, 0.2) is 0 Å². The lowest BCUT2D eigenvalue weighted by molar-refractivity contribution is 0.0702. The van der Waals surface area contributed by atoms with Gasteiger partial charge in [-0.15, -0.1) is 11.3 Å². The van der Waals surface area contributed by atoms with Crippen molar-refractivity contribution in [3.63, 3.8) is 0 Å². The first-order valence-corrected chi connectivity index (χ1v) is 3.34. The van der Waals surface area contributed by atoms with Crippen molar-refractivity contribution in [2.45, 2.75) is 6.61 Å². The Labute approximate surface area is 60.8 Å². The predicted molar refractivity (Wildman–Crippen MR) is 35.0 cm³/mol. The molecule has 0 atom stereocenters. The first-order valence-electron chi connectivity index (χ1n) is 2.53. The Balaban J connectivity index is 2.88. The van der Waals surface area contributed by atoms with Gasteiger partial charge in [0, 0.05) is 0 Å². The highest BCUT2D eigenvalue weighted by Crippen LogP contribution is 2.11. The van der Waals surface area contributed by atoms with E-state index in [1.807, 2.05) is 0 Å². The highest BCUT2D eigenvalue weighted by Gasteiger charge is 2.06. The summed E-state index contributed by atoms with van der Waals surface area (Å²) < 4.78 is 0. The summed E-state index contributed by atoms with van der Waals surface area (Å²) >= 11 is 0.980. The fourth-order valence-electron chi connectivity index (χ4n) is 0.482. The van der Waals surface area contributed by atoms with Crippen LogP contribution in [0.5, 0.6) is 0 Å². The molecule has 0 fully saturated rings. The van der Waals surface area contributed by atoms with Crippen LogP contribution in [0.25, 0.3) is 0 Å². The minimum Gasteiger partial charge on any atom is -0.477 e. The van der Waals surface area contributed by atoms with Crippen LogP contribution < -0.4 is 0 Å². The second kappa shape index (κ2) is 2.76. The second-order valence-electron chi connectivity index (χ2n) is 1.58. The number of carboxylic acid groups (broad SMARTS) is 1. The number of aliphatic hydroxyl groups excluding tert-OH is 1. The SMILES string of the molecule is O=C(O)c1cnc(CO)s1. The monoisotopic (exact) mass is 159 g/mol. The molecule has 1 rings (SSSR count). The molecule has 4 nitrogen and oxygen atoms in total. The molecule has 10 heavy (non-hydrogen) atoms. The Morgan fingerprint density at radius 3 is 2.80 bits per heavy atom. The van der Waals surface area contributed by atoms with E-state index in [0.29, 0.717) is 5.01 Å². The first kappa shape index (κ1) is 7.17. The van der Waals surface area contributed by atoms with Crippen molar-refractivity contribution in [1.82, 2.24) is 4.98 Å². The van der Waals surface area contributed by atoms with E-state index in [9.17, 15) is 4.79 Å². The molecule has 0 radical (unpaired) electrons. The molecule has 0 bridgehead atoms. The molecule has 5 heteroatoms. The fourth-order valence-corrected chi connectivity index (χ4v) is 1.10. The Morgan fingerprint density at radius 1 is 1.80 bits per heavy atom. The summed E-state index contributed by atoms with van der Waals surface area (Å²) in [6.45, 7) is -0.196. The molecule has 0 saturated heterocycles. The van der Waals surface area contributed by atoms with Crippen molar-refractivity contribution in [2.24, 2.45) is 0 Å². The van der Waals surface area contributed by atoms with E-state index in [1.165, 1.54) is 6.20 Å². The summed E-state index contributed by atoms with van der Waals surface area (Å²) in [6.07, 6.45) is 1.23. The minimum absolute atomic E-state index is 0.157. The average Bonchev–Trinajstić information content (AvgIpc) is 2.34. The van der Waals surface area contributed by atoms with E-state index in [2.05, 4.69) is 4.98 Å². The maximum atomic E-state index is 10.2. The van der Waals surface area contributed by atoms with E-state index in [1.54, 1.807) is 0 Å². The highest BCUT2D eigenvalue weighted by molar-refractivity contribution is 7.13. The molecule has 1 aromatic heterocycles. The van der Waals surface area contributed by atoms with Crippen molar-refractivity contribution in [1.29, 1.82) is 0 Å². The van der Waals surface area contributed by atoms with Crippen molar-refractivity contribution in [2.75, 3.05) is 0 Å². The third-order valence-corrected chi connectivity index (χ3v) is 1.87. The van der Waals surface area contributed by atoms with Gasteiger partial charge in [-0.1, -0.05) is 0 Å². The molecule has 1 aromatic rings. The number of thiazole rings is 1. The summed E-state index contributed by atoms with van der Waals surface area (Å²) in [5, 5.41) is 17.3. The number of hydrogen-bond acceptors (Lipinski definition) is 4. The molecule has 0 saturated carbocycles. The number of aromatic carboxylic acids is 1. The van der Waals surface area contributed by atoms with E-state index in [4.69, 9.17) is 10.2 Å². The van der Waals surface area contributed by atoms with Gasteiger partial charge in [-0.3, -0.25) is 0 Å². The predicted octanol–water partition coefficient (Wildman–Crippen LogP) is 0.334. The molecule has 0 aliphatic rings. The van der Waals surface area contributed by atoms with Gasteiger partial charge in [0.2, 0.25) is 0 Å². The molecule has 0 unspecified atom stereocenters. The van der Waals surface area contributed by atoms with Crippen LogP contribution in [0.1, 0.15) is 14.7 Å². The van der Waals surface area contributed by atoms with Crippen LogP contribution in [0.4, 0.5) is 0 Å². The second-order valence-corrected chi connectivity index (χ2v) is 2.70. The van der Waals surface area contributed by atoms with E-state index in [-0.39, 0.29) is 11.5 Å². The molecular weight excluding hydrogens is 154 g/mol. The number of aromatic nitrogens is 1. The maximum Gasteiger partial charge on any atom is 0.347 e. The van der Waals surface area contributed by atoms with Crippen molar-refractivity contribution in [3.8, 4) is 0 Å². The molecule has 0 aromatic carbocycles. The van der Waals surface area contributed by atoms with Crippen molar-refractivity contribution in [3.05, 3.63) is 16.1 Å². The number of carboxylic acids is 1. The van der Waals surface area contributed by atoms with E-state index < -0.39 is 5.97 Å². The molecule has 2 N–H and O–H groups in total. The summed E-state index contributed by atoms with van der Waals surface area (Å²) in [5.74, 6) is -1.00. The Hall–Kier alpha value is -0.940. The maximum absolute atomic E-state index is 10.2. The molecule has 0 aliphatic carbocycles. The summed E-state index contributed by atoms with van der Waals surface area (Å²) in [7, 11) is 0. The minimum atomic E-state index is -1.00. The zero-order chi connectivity index (χ0) is 7.56. The number of nitrogens with zero attached hydrogens (tertiary/aromatic N) is 1. The molecule has 0 spiro atoms. The normalized spacial score (nSPS) is 9.70. The Morgan fingerprint density at radius 2 is 2.50 bits per heavy atom. The van der Waals surface area contributed by atoms with Crippen LogP contribution in [-0.2, 0) is 6.61 Å². The third kappa shape index (κ3) is 1.31. The largest absolute Gasteiger partial charge is 0.477 e. The smallest absolute Gasteiger partial charge is 0.347 e. The van der Waals surface area contributed by atoms with Gasteiger partial charge in [-0.25, -0.2) is 9.78 Å². The molecule has 0 amide bonds.